The van der Waals surface area contributed by atoms with Crippen LogP contribution in [-0.2, 0) is 4.79 Å². The molecule has 0 aliphatic heterocycles. The van der Waals surface area contributed by atoms with E-state index in [-0.39, 0.29) is 17.1 Å². The number of ketones is 1. The second kappa shape index (κ2) is 4.42. The summed E-state index contributed by atoms with van der Waals surface area (Å²) in [7, 11) is 0. The minimum absolute atomic E-state index is 0.0401. The van der Waals surface area contributed by atoms with E-state index in [1.807, 2.05) is 19.1 Å². The molecule has 0 saturated carbocycles. The molecule has 2 unspecified atom stereocenters. The molecule has 4 heteroatoms. The molecule has 3 nitrogen and oxygen atoms in total. The minimum atomic E-state index is -0.140. The standard InChI is InChI=1S/C10H13ClN2O/c1-6-5-8(3-4-9(6)11)10(14)7(2)13-12/h3-6,9H,12H2,1-2H3/b13-7+. The van der Waals surface area contributed by atoms with Crippen LogP contribution in [-0.4, -0.2) is 16.9 Å². The van der Waals surface area contributed by atoms with Gasteiger partial charge in [-0.05, 0) is 12.8 Å². The van der Waals surface area contributed by atoms with E-state index in [1.165, 1.54) is 0 Å². The highest BCUT2D eigenvalue weighted by atomic mass is 35.5. The van der Waals surface area contributed by atoms with E-state index in [2.05, 4.69) is 5.10 Å². The van der Waals surface area contributed by atoms with Gasteiger partial charge in [0.15, 0.2) is 0 Å². The smallest absolute Gasteiger partial charge is 0.208 e. The fourth-order valence-corrected chi connectivity index (χ4v) is 1.37. The Hall–Kier alpha value is -1.09. The van der Waals surface area contributed by atoms with Gasteiger partial charge in [-0.15, -0.1) is 11.6 Å². The van der Waals surface area contributed by atoms with Gasteiger partial charge in [0.05, 0.1) is 5.38 Å². The summed E-state index contributed by atoms with van der Waals surface area (Å²) in [5.41, 5.74) is 0.919. The molecule has 0 fully saturated rings. The van der Waals surface area contributed by atoms with E-state index in [1.54, 1.807) is 13.0 Å². The molecule has 76 valence electrons. The minimum Gasteiger partial charge on any atom is -0.323 e. The lowest BCUT2D eigenvalue weighted by molar-refractivity contribution is -0.109. The van der Waals surface area contributed by atoms with Crippen LogP contribution in [0, 0.1) is 5.92 Å². The molecule has 2 atom stereocenters. The lowest BCUT2D eigenvalue weighted by Gasteiger charge is -2.16. The van der Waals surface area contributed by atoms with Crippen molar-refractivity contribution >= 4 is 23.1 Å². The first-order chi connectivity index (χ1) is 6.56. The summed E-state index contributed by atoms with van der Waals surface area (Å²) in [4.78, 5) is 11.6. The molecule has 14 heavy (non-hydrogen) atoms. The van der Waals surface area contributed by atoms with Crippen LogP contribution in [0.4, 0.5) is 0 Å². The highest BCUT2D eigenvalue weighted by Crippen LogP contribution is 2.21. The van der Waals surface area contributed by atoms with E-state index in [0.29, 0.717) is 11.3 Å². The molecule has 0 saturated heterocycles. The normalized spacial score (nSPS) is 27.4. The molecule has 0 aromatic heterocycles. The van der Waals surface area contributed by atoms with Gasteiger partial charge in [-0.2, -0.15) is 5.10 Å². The van der Waals surface area contributed by atoms with Crippen LogP contribution in [0.25, 0.3) is 0 Å². The van der Waals surface area contributed by atoms with Gasteiger partial charge >= 0.3 is 0 Å². The summed E-state index contributed by atoms with van der Waals surface area (Å²) in [6, 6.07) is 0. The van der Waals surface area contributed by atoms with Crippen molar-refractivity contribution in [3.05, 3.63) is 23.8 Å². The number of rotatable bonds is 2. The van der Waals surface area contributed by atoms with Crippen molar-refractivity contribution in [2.75, 3.05) is 0 Å². The SMILES string of the molecule is C/C(=N\N)C(=O)C1=CC(C)C(Cl)C=C1. The number of carbonyl (C=O) groups excluding carboxylic acids is 1. The predicted octanol–water partition coefficient (Wildman–Crippen LogP) is 1.63. The molecule has 0 aromatic rings. The van der Waals surface area contributed by atoms with Gasteiger partial charge in [0.1, 0.15) is 5.71 Å². The van der Waals surface area contributed by atoms with Gasteiger partial charge in [0.25, 0.3) is 0 Å². The van der Waals surface area contributed by atoms with Crippen molar-refractivity contribution in [2.24, 2.45) is 16.9 Å². The van der Waals surface area contributed by atoms with Crippen LogP contribution >= 0.6 is 11.6 Å². The number of halogens is 1. The molecule has 0 bridgehead atoms. The summed E-state index contributed by atoms with van der Waals surface area (Å²) < 4.78 is 0. The zero-order valence-corrected chi connectivity index (χ0v) is 8.95. The highest BCUT2D eigenvalue weighted by molar-refractivity contribution is 6.45. The number of nitrogens with zero attached hydrogens (tertiary/aromatic N) is 1. The number of hydrazone groups is 1. The van der Waals surface area contributed by atoms with Crippen molar-refractivity contribution in [3.8, 4) is 0 Å². The fraction of sp³-hybridized carbons (Fsp3) is 0.400. The van der Waals surface area contributed by atoms with Crippen molar-refractivity contribution < 1.29 is 4.79 Å². The lowest BCUT2D eigenvalue weighted by Crippen LogP contribution is -2.19. The number of hydrogen-bond acceptors (Lipinski definition) is 3. The third-order valence-corrected chi connectivity index (χ3v) is 2.73. The molecule has 0 radical (unpaired) electrons. The Balaban J connectivity index is 2.87. The molecule has 1 rings (SSSR count). The van der Waals surface area contributed by atoms with Gasteiger partial charge in [0.2, 0.25) is 5.78 Å². The summed E-state index contributed by atoms with van der Waals surface area (Å²) in [6.45, 7) is 3.55. The Morgan fingerprint density at radius 3 is 2.79 bits per heavy atom. The molecule has 0 aromatic carbocycles. The molecule has 0 spiro atoms. The number of alkyl halides is 1. The van der Waals surface area contributed by atoms with E-state index in [4.69, 9.17) is 17.4 Å². The maximum Gasteiger partial charge on any atom is 0.208 e. The summed E-state index contributed by atoms with van der Waals surface area (Å²) >= 11 is 5.95. The summed E-state index contributed by atoms with van der Waals surface area (Å²) in [5, 5.41) is 3.33. The lowest BCUT2D eigenvalue weighted by atomic mass is 9.94. The van der Waals surface area contributed by atoms with Gasteiger partial charge in [-0.3, -0.25) is 4.79 Å². The maximum absolute atomic E-state index is 11.6. The summed E-state index contributed by atoms with van der Waals surface area (Å²) in [6.07, 6.45) is 5.37. The zero-order valence-electron chi connectivity index (χ0n) is 8.20. The Bertz CT molecular complexity index is 331. The molecule has 2 N–H and O–H groups in total. The van der Waals surface area contributed by atoms with Gasteiger partial charge in [-0.1, -0.05) is 25.2 Å². The number of allylic oxidation sites excluding steroid dienone is 4. The first-order valence-corrected chi connectivity index (χ1v) is 4.83. The molecule has 0 heterocycles. The van der Waals surface area contributed by atoms with Crippen molar-refractivity contribution in [1.82, 2.24) is 0 Å². The van der Waals surface area contributed by atoms with Crippen molar-refractivity contribution in [2.45, 2.75) is 19.2 Å². The van der Waals surface area contributed by atoms with Crippen LogP contribution in [0.15, 0.2) is 28.9 Å². The number of hydrogen-bond donors (Lipinski definition) is 1. The quantitative estimate of drug-likeness (QED) is 0.327. The van der Waals surface area contributed by atoms with E-state index < -0.39 is 0 Å². The first kappa shape index (κ1) is 11.0. The Morgan fingerprint density at radius 1 is 1.64 bits per heavy atom. The van der Waals surface area contributed by atoms with Gasteiger partial charge in [0, 0.05) is 5.57 Å². The largest absolute Gasteiger partial charge is 0.323 e. The molecule has 0 amide bonds. The number of carbonyl (C=O) groups is 1. The predicted molar refractivity (Wildman–Crippen MR) is 58.3 cm³/mol. The van der Waals surface area contributed by atoms with Crippen LogP contribution in [0.1, 0.15) is 13.8 Å². The molecular weight excluding hydrogens is 200 g/mol. The third kappa shape index (κ3) is 2.23. The first-order valence-electron chi connectivity index (χ1n) is 4.39. The molecule has 1 aliphatic carbocycles. The second-order valence-corrected chi connectivity index (χ2v) is 3.83. The second-order valence-electron chi connectivity index (χ2n) is 3.33. The Kier molecular flexibility index (Phi) is 3.47. The van der Waals surface area contributed by atoms with Gasteiger partial charge < -0.3 is 5.84 Å². The molecular formula is C10H13ClN2O. The zero-order chi connectivity index (χ0) is 10.7. The van der Waals surface area contributed by atoms with E-state index in [0.717, 1.165) is 0 Å². The summed E-state index contributed by atoms with van der Waals surface area (Å²) in [5.74, 6) is 5.05. The third-order valence-electron chi connectivity index (χ3n) is 2.19. The molecule has 1 aliphatic rings. The number of Topliss-reactive ketones (excluding diaryl/α,β-unsaturated/α-hetero) is 1. The Morgan fingerprint density at radius 2 is 2.29 bits per heavy atom. The topological polar surface area (TPSA) is 55.4 Å². The van der Waals surface area contributed by atoms with Crippen LogP contribution < -0.4 is 5.84 Å². The van der Waals surface area contributed by atoms with E-state index in [9.17, 15) is 4.79 Å². The maximum atomic E-state index is 11.6. The average Bonchev–Trinajstić information content (AvgIpc) is 2.20. The van der Waals surface area contributed by atoms with E-state index >= 15 is 0 Å². The van der Waals surface area contributed by atoms with Crippen LogP contribution in [0.5, 0.6) is 0 Å². The van der Waals surface area contributed by atoms with Crippen molar-refractivity contribution in [3.63, 3.8) is 0 Å². The monoisotopic (exact) mass is 212 g/mol. The van der Waals surface area contributed by atoms with Gasteiger partial charge in [-0.25, -0.2) is 0 Å². The highest BCUT2D eigenvalue weighted by Gasteiger charge is 2.19. The average molecular weight is 213 g/mol. The van der Waals surface area contributed by atoms with Crippen molar-refractivity contribution in [1.29, 1.82) is 0 Å². The van der Waals surface area contributed by atoms with Crippen LogP contribution in [0.2, 0.25) is 0 Å². The fourth-order valence-electron chi connectivity index (χ4n) is 1.22. The number of nitrogens with two attached hydrogens (primary N) is 1. The van der Waals surface area contributed by atoms with Crippen LogP contribution in [0.3, 0.4) is 0 Å². The Labute approximate surface area is 88.3 Å².